The van der Waals surface area contributed by atoms with Crippen molar-refractivity contribution in [1.29, 1.82) is 0 Å². The first-order valence-corrected chi connectivity index (χ1v) is 6.81. The maximum atomic E-state index is 12.3. The third-order valence-corrected chi connectivity index (χ3v) is 3.31. The Morgan fingerprint density at radius 3 is 2.68 bits per heavy atom. The molecule has 2 heterocycles. The fourth-order valence-corrected chi connectivity index (χ4v) is 2.48. The van der Waals surface area contributed by atoms with E-state index in [0.29, 0.717) is 0 Å². The van der Waals surface area contributed by atoms with Crippen molar-refractivity contribution >= 4 is 6.09 Å². The number of ether oxygens (including phenoxy) is 1. The molecule has 1 N–H and O–H groups in total. The van der Waals surface area contributed by atoms with Crippen LogP contribution in [0.1, 0.15) is 58.1 Å². The minimum atomic E-state index is -0.469. The SMILES string of the molecule is Cc1cnc(C2CCC(C)N2C(=O)OC(C)(C)C)[nH]1. The van der Waals surface area contributed by atoms with Gasteiger partial charge in [-0.1, -0.05) is 0 Å². The van der Waals surface area contributed by atoms with Crippen LogP contribution in [0.4, 0.5) is 4.79 Å². The van der Waals surface area contributed by atoms with Crippen molar-refractivity contribution in [2.24, 2.45) is 0 Å². The molecule has 0 aromatic carbocycles. The molecular weight excluding hydrogens is 242 g/mol. The molecule has 1 aliphatic heterocycles. The van der Waals surface area contributed by atoms with Crippen LogP contribution in [0, 0.1) is 6.92 Å². The van der Waals surface area contributed by atoms with Gasteiger partial charge < -0.3 is 9.72 Å². The highest BCUT2D eigenvalue weighted by atomic mass is 16.6. The number of rotatable bonds is 1. The number of likely N-dealkylation sites (tertiary alicyclic amines) is 1. The Hall–Kier alpha value is -1.52. The van der Waals surface area contributed by atoms with Gasteiger partial charge in [-0.3, -0.25) is 4.90 Å². The number of hydrogen-bond donors (Lipinski definition) is 1. The van der Waals surface area contributed by atoms with E-state index < -0.39 is 5.60 Å². The molecule has 2 unspecified atom stereocenters. The van der Waals surface area contributed by atoms with Gasteiger partial charge in [-0.15, -0.1) is 0 Å². The fraction of sp³-hybridized carbons (Fsp3) is 0.714. The molecule has 1 saturated heterocycles. The van der Waals surface area contributed by atoms with Crippen LogP contribution >= 0.6 is 0 Å². The normalized spacial score (nSPS) is 23.7. The largest absolute Gasteiger partial charge is 0.444 e. The number of carbonyl (C=O) groups is 1. The molecule has 1 fully saturated rings. The number of amides is 1. The van der Waals surface area contributed by atoms with Gasteiger partial charge in [0.25, 0.3) is 0 Å². The Labute approximate surface area is 114 Å². The maximum Gasteiger partial charge on any atom is 0.411 e. The molecule has 5 nitrogen and oxygen atoms in total. The van der Waals surface area contributed by atoms with Crippen molar-refractivity contribution in [1.82, 2.24) is 14.9 Å². The molecule has 5 heteroatoms. The number of hydrogen-bond acceptors (Lipinski definition) is 3. The fourth-order valence-electron chi connectivity index (χ4n) is 2.48. The molecular formula is C14H23N3O2. The molecule has 0 radical (unpaired) electrons. The minimum Gasteiger partial charge on any atom is -0.444 e. The molecule has 2 rings (SSSR count). The van der Waals surface area contributed by atoms with Crippen LogP contribution in [0.25, 0.3) is 0 Å². The summed E-state index contributed by atoms with van der Waals surface area (Å²) < 4.78 is 5.50. The van der Waals surface area contributed by atoms with E-state index in [1.54, 1.807) is 6.20 Å². The van der Waals surface area contributed by atoms with E-state index in [-0.39, 0.29) is 18.2 Å². The summed E-state index contributed by atoms with van der Waals surface area (Å²) in [5.41, 5.74) is 0.543. The molecule has 1 aromatic rings. The second kappa shape index (κ2) is 4.87. The lowest BCUT2D eigenvalue weighted by Crippen LogP contribution is -2.40. The second-order valence-electron chi connectivity index (χ2n) is 6.28. The number of aromatic amines is 1. The molecule has 1 aliphatic rings. The summed E-state index contributed by atoms with van der Waals surface area (Å²) >= 11 is 0. The molecule has 106 valence electrons. The quantitative estimate of drug-likeness (QED) is 0.848. The van der Waals surface area contributed by atoms with Gasteiger partial charge in [0.2, 0.25) is 0 Å². The standard InChI is InChI=1S/C14H23N3O2/c1-9-8-15-12(16-9)11-7-6-10(2)17(11)13(18)19-14(3,4)5/h8,10-11H,6-7H2,1-5H3,(H,15,16). The molecule has 19 heavy (non-hydrogen) atoms. The van der Waals surface area contributed by atoms with E-state index in [0.717, 1.165) is 24.4 Å². The van der Waals surface area contributed by atoms with Crippen LogP contribution in [0.15, 0.2) is 6.20 Å². The minimum absolute atomic E-state index is 0.00134. The van der Waals surface area contributed by atoms with Crippen molar-refractivity contribution < 1.29 is 9.53 Å². The zero-order valence-corrected chi connectivity index (χ0v) is 12.4. The summed E-state index contributed by atoms with van der Waals surface area (Å²) in [5.74, 6) is 0.854. The van der Waals surface area contributed by atoms with Crippen LogP contribution in [0.3, 0.4) is 0 Å². The zero-order valence-electron chi connectivity index (χ0n) is 12.4. The lowest BCUT2D eigenvalue weighted by atomic mass is 10.2. The number of aryl methyl sites for hydroxylation is 1. The maximum absolute atomic E-state index is 12.3. The van der Waals surface area contributed by atoms with Gasteiger partial charge in [0.15, 0.2) is 0 Å². The van der Waals surface area contributed by atoms with Crippen molar-refractivity contribution in [2.45, 2.75) is 65.1 Å². The molecule has 0 aliphatic carbocycles. The van der Waals surface area contributed by atoms with Gasteiger partial charge in [0.1, 0.15) is 11.4 Å². The summed E-state index contributed by atoms with van der Waals surface area (Å²) in [4.78, 5) is 21.7. The predicted octanol–water partition coefficient (Wildman–Crippen LogP) is 3.18. The highest BCUT2D eigenvalue weighted by Gasteiger charge is 2.39. The topological polar surface area (TPSA) is 58.2 Å². The summed E-state index contributed by atoms with van der Waals surface area (Å²) in [6, 6.07) is 0.184. The van der Waals surface area contributed by atoms with Gasteiger partial charge >= 0.3 is 6.09 Å². The van der Waals surface area contributed by atoms with Crippen molar-refractivity contribution in [3.05, 3.63) is 17.7 Å². The number of H-pyrrole nitrogens is 1. The summed E-state index contributed by atoms with van der Waals surface area (Å²) in [5, 5.41) is 0. The van der Waals surface area contributed by atoms with Gasteiger partial charge in [-0.25, -0.2) is 9.78 Å². The first-order valence-electron chi connectivity index (χ1n) is 6.81. The Balaban J connectivity index is 2.18. The van der Waals surface area contributed by atoms with Crippen LogP contribution in [0.2, 0.25) is 0 Å². The van der Waals surface area contributed by atoms with Crippen molar-refractivity contribution in [3.63, 3.8) is 0 Å². The van der Waals surface area contributed by atoms with Crippen LogP contribution in [0.5, 0.6) is 0 Å². The first kappa shape index (κ1) is 13.9. The molecule has 2 atom stereocenters. The van der Waals surface area contributed by atoms with Gasteiger partial charge in [-0.05, 0) is 47.5 Å². The molecule has 0 saturated carbocycles. The molecule has 1 amide bonds. The van der Waals surface area contributed by atoms with E-state index in [9.17, 15) is 4.79 Å². The van der Waals surface area contributed by atoms with E-state index in [1.807, 2.05) is 32.6 Å². The number of nitrogens with one attached hydrogen (secondary N) is 1. The van der Waals surface area contributed by atoms with E-state index in [1.165, 1.54) is 0 Å². The molecule has 0 bridgehead atoms. The van der Waals surface area contributed by atoms with Gasteiger partial charge in [0.05, 0.1) is 6.04 Å². The number of carbonyl (C=O) groups excluding carboxylic acids is 1. The molecule has 0 spiro atoms. The third kappa shape index (κ3) is 3.08. The van der Waals surface area contributed by atoms with Crippen LogP contribution in [-0.4, -0.2) is 32.6 Å². The lowest BCUT2D eigenvalue weighted by molar-refractivity contribution is 0.0151. The Kier molecular flexibility index (Phi) is 3.56. The summed E-state index contributed by atoms with van der Waals surface area (Å²) in [6.07, 6.45) is 3.44. The Morgan fingerprint density at radius 2 is 2.16 bits per heavy atom. The smallest absolute Gasteiger partial charge is 0.411 e. The van der Waals surface area contributed by atoms with Crippen molar-refractivity contribution in [2.75, 3.05) is 0 Å². The van der Waals surface area contributed by atoms with Crippen LogP contribution in [-0.2, 0) is 4.74 Å². The van der Waals surface area contributed by atoms with Gasteiger partial charge in [-0.2, -0.15) is 0 Å². The number of aromatic nitrogens is 2. The molecule has 1 aromatic heterocycles. The highest BCUT2D eigenvalue weighted by molar-refractivity contribution is 5.69. The average molecular weight is 265 g/mol. The number of nitrogens with zero attached hydrogens (tertiary/aromatic N) is 2. The third-order valence-electron chi connectivity index (χ3n) is 3.31. The monoisotopic (exact) mass is 265 g/mol. The van der Waals surface area contributed by atoms with Gasteiger partial charge in [0, 0.05) is 17.9 Å². The second-order valence-corrected chi connectivity index (χ2v) is 6.28. The highest BCUT2D eigenvalue weighted by Crippen LogP contribution is 2.35. The van der Waals surface area contributed by atoms with Crippen LogP contribution < -0.4 is 0 Å². The van der Waals surface area contributed by atoms with E-state index in [4.69, 9.17) is 4.74 Å². The average Bonchev–Trinajstić information content (AvgIpc) is 2.81. The summed E-state index contributed by atoms with van der Waals surface area (Å²) in [7, 11) is 0. The number of imidazole rings is 1. The predicted molar refractivity (Wildman–Crippen MR) is 72.8 cm³/mol. The lowest BCUT2D eigenvalue weighted by Gasteiger charge is -2.30. The van der Waals surface area contributed by atoms with Crippen molar-refractivity contribution in [3.8, 4) is 0 Å². The van der Waals surface area contributed by atoms with E-state index >= 15 is 0 Å². The zero-order chi connectivity index (χ0) is 14.2. The Morgan fingerprint density at radius 1 is 1.47 bits per heavy atom. The first-order chi connectivity index (χ1) is 8.78. The van der Waals surface area contributed by atoms with E-state index in [2.05, 4.69) is 16.9 Å². The Bertz CT molecular complexity index is 462. The summed E-state index contributed by atoms with van der Waals surface area (Å²) in [6.45, 7) is 9.68.